The number of nitrogens with zero attached hydrogens (tertiary/aromatic N) is 1. The van der Waals surface area contributed by atoms with Crippen LogP contribution in [0.1, 0.15) is 70.8 Å². The number of piperidine rings is 1. The van der Waals surface area contributed by atoms with Crippen molar-refractivity contribution in [1.82, 2.24) is 9.62 Å². The first-order valence-corrected chi connectivity index (χ1v) is 14.5. The summed E-state index contributed by atoms with van der Waals surface area (Å²) >= 11 is 3.72. The molecule has 1 saturated heterocycles. The van der Waals surface area contributed by atoms with Crippen LogP contribution in [-0.2, 0) is 16.6 Å². The molecule has 0 atom stereocenters. The highest BCUT2D eigenvalue weighted by atomic mass is 79.9. The van der Waals surface area contributed by atoms with Crippen molar-refractivity contribution < 1.29 is 13.2 Å². The SMILES string of the molecule is CC(C)Oc1ccc(Br)c(CC2CCN(CCCC3CCC(NS(N)(=O)=O)CC3)CC2)c1. The van der Waals surface area contributed by atoms with Crippen LogP contribution in [-0.4, -0.2) is 45.1 Å². The number of hydrogen-bond acceptors (Lipinski definition) is 4. The third-order valence-corrected chi connectivity index (χ3v) is 8.30. The van der Waals surface area contributed by atoms with Crippen LogP contribution in [0.5, 0.6) is 5.75 Å². The second kappa shape index (κ2) is 12.2. The smallest absolute Gasteiger partial charge is 0.274 e. The van der Waals surface area contributed by atoms with Crippen molar-refractivity contribution in [3.8, 4) is 5.75 Å². The lowest BCUT2D eigenvalue weighted by Crippen LogP contribution is -2.41. The Labute approximate surface area is 203 Å². The zero-order valence-electron chi connectivity index (χ0n) is 19.6. The largest absolute Gasteiger partial charge is 0.491 e. The first kappa shape index (κ1) is 25.9. The maximum atomic E-state index is 11.2. The average Bonchev–Trinajstić information content (AvgIpc) is 2.71. The molecule has 1 saturated carbocycles. The second-order valence-electron chi connectivity index (χ2n) is 9.93. The Hall–Kier alpha value is -0.670. The first-order chi connectivity index (χ1) is 15.2. The normalized spacial score (nSPS) is 23.5. The Morgan fingerprint density at radius 2 is 1.81 bits per heavy atom. The van der Waals surface area contributed by atoms with Crippen LogP contribution >= 0.6 is 15.9 Å². The molecule has 6 nitrogen and oxygen atoms in total. The first-order valence-electron chi connectivity index (χ1n) is 12.2. The number of hydrogen-bond donors (Lipinski definition) is 2. The summed E-state index contributed by atoms with van der Waals surface area (Å²) in [6.07, 6.45) is 10.3. The van der Waals surface area contributed by atoms with Gasteiger partial charge in [-0.1, -0.05) is 15.9 Å². The quantitative estimate of drug-likeness (QED) is 0.462. The van der Waals surface area contributed by atoms with E-state index in [1.165, 1.54) is 55.4 Å². The number of nitrogens with two attached hydrogens (primary N) is 1. The van der Waals surface area contributed by atoms with Crippen molar-refractivity contribution in [2.24, 2.45) is 17.0 Å². The molecule has 0 amide bonds. The van der Waals surface area contributed by atoms with E-state index in [9.17, 15) is 8.42 Å². The van der Waals surface area contributed by atoms with Crippen LogP contribution in [0, 0.1) is 11.8 Å². The van der Waals surface area contributed by atoms with E-state index in [1.54, 1.807) is 0 Å². The Kier molecular flexibility index (Phi) is 9.85. The fourth-order valence-corrected chi connectivity index (χ4v) is 6.29. The van der Waals surface area contributed by atoms with Gasteiger partial charge in [0.25, 0.3) is 10.2 Å². The van der Waals surface area contributed by atoms with Gasteiger partial charge in [0.1, 0.15) is 5.75 Å². The molecule has 0 spiro atoms. The van der Waals surface area contributed by atoms with Crippen molar-refractivity contribution in [2.75, 3.05) is 19.6 Å². The van der Waals surface area contributed by atoms with Crippen LogP contribution in [0.3, 0.4) is 0 Å². The fraction of sp³-hybridized carbons (Fsp3) is 0.750. The van der Waals surface area contributed by atoms with Gasteiger partial charge in [-0.3, -0.25) is 0 Å². The predicted octanol–water partition coefficient (Wildman–Crippen LogP) is 4.62. The molecule has 2 fully saturated rings. The molecule has 2 aliphatic rings. The number of benzene rings is 1. The highest BCUT2D eigenvalue weighted by molar-refractivity contribution is 9.10. The van der Waals surface area contributed by atoms with Crippen LogP contribution in [0.4, 0.5) is 0 Å². The molecule has 3 rings (SSSR count). The maximum Gasteiger partial charge on any atom is 0.274 e. The molecule has 0 aromatic heterocycles. The molecule has 3 N–H and O–H groups in total. The molecular formula is C24H40BrN3O3S. The van der Waals surface area contributed by atoms with Crippen LogP contribution in [0.15, 0.2) is 22.7 Å². The molecule has 32 heavy (non-hydrogen) atoms. The zero-order chi connectivity index (χ0) is 23.1. The second-order valence-corrected chi connectivity index (χ2v) is 12.1. The van der Waals surface area contributed by atoms with Gasteiger partial charge in [-0.05, 0) is 127 Å². The zero-order valence-corrected chi connectivity index (χ0v) is 22.0. The lowest BCUT2D eigenvalue weighted by molar-refractivity contribution is 0.174. The number of halogens is 1. The van der Waals surface area contributed by atoms with E-state index in [-0.39, 0.29) is 12.1 Å². The van der Waals surface area contributed by atoms with Gasteiger partial charge in [0.05, 0.1) is 6.10 Å². The van der Waals surface area contributed by atoms with Crippen molar-refractivity contribution in [3.05, 3.63) is 28.2 Å². The summed E-state index contributed by atoms with van der Waals surface area (Å²) in [5, 5.41) is 5.10. The van der Waals surface area contributed by atoms with Crippen molar-refractivity contribution in [2.45, 2.75) is 83.8 Å². The molecule has 1 heterocycles. The Balaban J connectivity index is 1.33. The molecule has 0 radical (unpaired) electrons. The third kappa shape index (κ3) is 8.93. The molecule has 1 aliphatic heterocycles. The summed E-state index contributed by atoms with van der Waals surface area (Å²) in [4.78, 5) is 2.62. The van der Waals surface area contributed by atoms with Gasteiger partial charge in [-0.2, -0.15) is 13.1 Å². The van der Waals surface area contributed by atoms with Gasteiger partial charge in [0.15, 0.2) is 0 Å². The molecule has 8 heteroatoms. The predicted molar refractivity (Wildman–Crippen MR) is 134 cm³/mol. The van der Waals surface area contributed by atoms with E-state index in [4.69, 9.17) is 9.88 Å². The minimum Gasteiger partial charge on any atom is -0.491 e. The summed E-state index contributed by atoms with van der Waals surface area (Å²) < 4.78 is 32.0. The molecular weight excluding hydrogens is 490 g/mol. The van der Waals surface area contributed by atoms with E-state index in [1.807, 2.05) is 6.07 Å². The molecule has 182 valence electrons. The van der Waals surface area contributed by atoms with Crippen molar-refractivity contribution in [3.63, 3.8) is 0 Å². The number of rotatable bonds is 10. The Bertz CT molecular complexity index is 818. The van der Waals surface area contributed by atoms with E-state index in [0.29, 0.717) is 0 Å². The standard InChI is InChI=1S/C24H40BrN3O3S/c1-18(2)31-23-9-10-24(25)21(17-23)16-20-11-14-28(15-12-20)13-3-4-19-5-7-22(8-6-19)27-32(26,29)30/h9-10,17-20,22,27H,3-8,11-16H2,1-2H3,(H2,26,29,30). The lowest BCUT2D eigenvalue weighted by Gasteiger charge is -2.33. The van der Waals surface area contributed by atoms with Gasteiger partial charge in [0, 0.05) is 10.5 Å². The lowest BCUT2D eigenvalue weighted by atomic mass is 9.83. The van der Waals surface area contributed by atoms with E-state index in [2.05, 4.69) is 51.5 Å². The van der Waals surface area contributed by atoms with E-state index < -0.39 is 10.2 Å². The summed E-state index contributed by atoms with van der Waals surface area (Å²) in [5.74, 6) is 2.42. The van der Waals surface area contributed by atoms with Gasteiger partial charge >= 0.3 is 0 Å². The monoisotopic (exact) mass is 529 g/mol. The molecule has 0 bridgehead atoms. The minimum absolute atomic E-state index is 0.0259. The van der Waals surface area contributed by atoms with Gasteiger partial charge < -0.3 is 9.64 Å². The molecule has 1 aromatic rings. The third-order valence-electron chi connectivity index (χ3n) is 6.87. The Morgan fingerprint density at radius 3 is 2.44 bits per heavy atom. The van der Waals surface area contributed by atoms with E-state index in [0.717, 1.165) is 49.7 Å². The fourth-order valence-electron chi connectivity index (χ4n) is 5.18. The summed E-state index contributed by atoms with van der Waals surface area (Å²) in [6, 6.07) is 6.38. The number of likely N-dealkylation sites (tertiary alicyclic amines) is 1. The van der Waals surface area contributed by atoms with Gasteiger partial charge in [-0.25, -0.2) is 5.14 Å². The average molecular weight is 531 g/mol. The number of nitrogens with one attached hydrogen (secondary N) is 1. The summed E-state index contributed by atoms with van der Waals surface area (Å²) in [6.45, 7) is 7.69. The van der Waals surface area contributed by atoms with Crippen molar-refractivity contribution >= 4 is 26.1 Å². The van der Waals surface area contributed by atoms with E-state index >= 15 is 0 Å². The summed E-state index contributed by atoms with van der Waals surface area (Å²) in [7, 11) is -3.57. The minimum atomic E-state index is -3.57. The maximum absolute atomic E-state index is 11.2. The van der Waals surface area contributed by atoms with Crippen LogP contribution in [0.25, 0.3) is 0 Å². The van der Waals surface area contributed by atoms with Crippen LogP contribution < -0.4 is 14.6 Å². The molecule has 1 aliphatic carbocycles. The van der Waals surface area contributed by atoms with Crippen LogP contribution in [0.2, 0.25) is 0 Å². The van der Waals surface area contributed by atoms with Gasteiger partial charge in [-0.15, -0.1) is 0 Å². The molecule has 1 aromatic carbocycles. The molecule has 0 unspecified atom stereocenters. The highest BCUT2D eigenvalue weighted by Crippen LogP contribution is 2.30. The van der Waals surface area contributed by atoms with Gasteiger partial charge in [0.2, 0.25) is 0 Å². The number of ether oxygens (including phenoxy) is 1. The highest BCUT2D eigenvalue weighted by Gasteiger charge is 2.24. The van der Waals surface area contributed by atoms with Crippen molar-refractivity contribution in [1.29, 1.82) is 0 Å². The Morgan fingerprint density at radius 1 is 1.12 bits per heavy atom. The summed E-state index contributed by atoms with van der Waals surface area (Å²) in [5.41, 5.74) is 1.36. The topological polar surface area (TPSA) is 84.7 Å².